The van der Waals surface area contributed by atoms with Crippen LogP contribution in [0.3, 0.4) is 0 Å². The Morgan fingerprint density at radius 3 is 2.27 bits per heavy atom. The second kappa shape index (κ2) is 4.22. The zero-order chi connectivity index (χ0) is 11.7. The van der Waals surface area contributed by atoms with Crippen LogP contribution in [0.2, 0.25) is 0 Å². The first kappa shape index (κ1) is 12.6. The minimum Gasteiger partial charge on any atom is -0.329 e. The molecule has 1 aliphatic rings. The third-order valence-electron chi connectivity index (χ3n) is 3.17. The van der Waals surface area contributed by atoms with E-state index in [9.17, 15) is 13.2 Å². The van der Waals surface area contributed by atoms with E-state index < -0.39 is 15.1 Å². The summed E-state index contributed by atoms with van der Waals surface area (Å²) in [5.41, 5.74) is 5.13. The van der Waals surface area contributed by atoms with Crippen molar-refractivity contribution >= 4 is 15.6 Å². The molecular weight excluding hydrogens is 214 g/mol. The van der Waals surface area contributed by atoms with E-state index in [4.69, 9.17) is 5.73 Å². The van der Waals surface area contributed by atoms with Crippen molar-refractivity contribution in [3.8, 4) is 0 Å². The van der Waals surface area contributed by atoms with Crippen LogP contribution in [-0.4, -0.2) is 31.7 Å². The van der Waals surface area contributed by atoms with Crippen LogP contribution < -0.4 is 5.73 Å². The lowest BCUT2D eigenvalue weighted by atomic mass is 10.00. The Bertz CT molecular complexity index is 342. The van der Waals surface area contributed by atoms with Crippen molar-refractivity contribution in [3.05, 3.63) is 0 Å². The van der Waals surface area contributed by atoms with Gasteiger partial charge in [0.1, 0.15) is 5.78 Å². The fraction of sp³-hybridized carbons (Fsp3) is 0.900. The number of rotatable bonds is 6. The number of hydrogen-bond donors (Lipinski definition) is 1. The molecule has 2 N–H and O–H groups in total. The third kappa shape index (κ3) is 2.78. The molecule has 0 aromatic rings. The lowest BCUT2D eigenvalue weighted by Gasteiger charge is -2.12. The zero-order valence-corrected chi connectivity index (χ0v) is 10.1. The number of nitrogens with two attached hydrogens (primary N) is 1. The predicted octanol–water partition coefficient (Wildman–Crippen LogP) is 0.508. The molecule has 0 bridgehead atoms. The molecule has 88 valence electrons. The molecule has 0 radical (unpaired) electrons. The van der Waals surface area contributed by atoms with Gasteiger partial charge in [-0.1, -0.05) is 0 Å². The van der Waals surface area contributed by atoms with Gasteiger partial charge in [0.15, 0.2) is 9.84 Å². The summed E-state index contributed by atoms with van der Waals surface area (Å²) in [6.07, 6.45) is 1.77. The van der Waals surface area contributed by atoms with Crippen LogP contribution in [0.1, 0.15) is 33.1 Å². The molecule has 0 aromatic heterocycles. The van der Waals surface area contributed by atoms with Crippen molar-refractivity contribution in [2.45, 2.75) is 38.4 Å². The molecule has 1 saturated carbocycles. The number of sulfone groups is 1. The average molecular weight is 233 g/mol. The summed E-state index contributed by atoms with van der Waals surface area (Å²) in [4.78, 5) is 11.7. The summed E-state index contributed by atoms with van der Waals surface area (Å²) in [7, 11) is -3.10. The van der Waals surface area contributed by atoms with E-state index in [2.05, 4.69) is 0 Å². The van der Waals surface area contributed by atoms with Gasteiger partial charge in [0.05, 0.1) is 11.0 Å². The van der Waals surface area contributed by atoms with Gasteiger partial charge in [0.25, 0.3) is 0 Å². The Labute approximate surface area is 91.1 Å². The van der Waals surface area contributed by atoms with Crippen LogP contribution in [0.5, 0.6) is 0 Å². The summed E-state index contributed by atoms with van der Waals surface area (Å²) >= 11 is 0. The van der Waals surface area contributed by atoms with Gasteiger partial charge in [0.2, 0.25) is 0 Å². The topological polar surface area (TPSA) is 77.2 Å². The smallest absolute Gasteiger partial charge is 0.153 e. The normalized spacial score (nSPS) is 19.2. The Balaban J connectivity index is 2.48. The molecular formula is C10H19NO3S. The fourth-order valence-corrected chi connectivity index (χ4v) is 2.42. The largest absolute Gasteiger partial charge is 0.329 e. The quantitative estimate of drug-likeness (QED) is 0.725. The molecule has 0 atom stereocenters. The van der Waals surface area contributed by atoms with Crippen molar-refractivity contribution in [3.63, 3.8) is 0 Å². The number of Topliss-reactive ketones (excluding diaryl/α,β-unsaturated/α-hetero) is 1. The minimum atomic E-state index is -3.10. The van der Waals surface area contributed by atoms with Gasteiger partial charge >= 0.3 is 0 Å². The molecule has 1 rings (SSSR count). The Kier molecular flexibility index (Phi) is 3.55. The maximum atomic E-state index is 11.7. The molecule has 0 unspecified atom stereocenters. The molecule has 0 amide bonds. The summed E-state index contributed by atoms with van der Waals surface area (Å²) in [5, 5.41) is -0.404. The summed E-state index contributed by atoms with van der Waals surface area (Å²) in [6, 6.07) is 0. The van der Waals surface area contributed by atoms with E-state index in [0.29, 0.717) is 6.54 Å². The Morgan fingerprint density at radius 2 is 1.93 bits per heavy atom. The second-order valence-corrected chi connectivity index (χ2v) is 7.25. The standard InChI is InChI=1S/C10H19NO3S/c1-8(2)15(13,14)6-3-9(12)10(7-11)4-5-10/h8H,3-7,11H2,1-2H3. The minimum absolute atomic E-state index is 0.0224. The van der Waals surface area contributed by atoms with Gasteiger partial charge in [-0.15, -0.1) is 0 Å². The monoisotopic (exact) mass is 233 g/mol. The Hall–Kier alpha value is -0.420. The first-order chi connectivity index (χ1) is 6.84. The van der Waals surface area contributed by atoms with Crippen LogP contribution in [0.25, 0.3) is 0 Å². The Morgan fingerprint density at radius 1 is 1.40 bits per heavy atom. The van der Waals surface area contributed by atoms with Gasteiger partial charge < -0.3 is 5.73 Å². The van der Waals surface area contributed by atoms with Crippen LogP contribution >= 0.6 is 0 Å². The van der Waals surface area contributed by atoms with Gasteiger partial charge in [-0.3, -0.25) is 4.79 Å². The summed E-state index contributed by atoms with van der Waals surface area (Å²) in [5.74, 6) is -0.0140. The second-order valence-electron chi connectivity index (χ2n) is 4.57. The molecule has 1 aliphatic carbocycles. The molecule has 0 spiro atoms. The highest BCUT2D eigenvalue weighted by molar-refractivity contribution is 7.91. The number of ketones is 1. The highest BCUT2D eigenvalue weighted by Crippen LogP contribution is 2.46. The highest BCUT2D eigenvalue weighted by atomic mass is 32.2. The fourth-order valence-electron chi connectivity index (χ4n) is 1.48. The van der Waals surface area contributed by atoms with Gasteiger partial charge in [-0.25, -0.2) is 8.42 Å². The van der Waals surface area contributed by atoms with Crippen LogP contribution in [0, 0.1) is 5.41 Å². The molecule has 1 fully saturated rings. The maximum Gasteiger partial charge on any atom is 0.153 e. The zero-order valence-electron chi connectivity index (χ0n) is 9.32. The lowest BCUT2D eigenvalue weighted by Crippen LogP contribution is -2.28. The van der Waals surface area contributed by atoms with E-state index in [0.717, 1.165) is 12.8 Å². The number of carbonyl (C=O) groups is 1. The van der Waals surface area contributed by atoms with E-state index in [1.54, 1.807) is 13.8 Å². The first-order valence-electron chi connectivity index (χ1n) is 5.29. The van der Waals surface area contributed by atoms with E-state index in [1.165, 1.54) is 0 Å². The van der Waals surface area contributed by atoms with E-state index in [-0.39, 0.29) is 23.4 Å². The molecule has 0 heterocycles. The molecule has 0 saturated heterocycles. The first-order valence-corrected chi connectivity index (χ1v) is 7.00. The summed E-state index contributed by atoms with van der Waals surface area (Å²) < 4.78 is 23.0. The maximum absolute atomic E-state index is 11.7. The van der Waals surface area contributed by atoms with Gasteiger partial charge in [-0.2, -0.15) is 0 Å². The van der Waals surface area contributed by atoms with Crippen LogP contribution in [-0.2, 0) is 14.6 Å². The number of carbonyl (C=O) groups excluding carboxylic acids is 1. The number of hydrogen-bond acceptors (Lipinski definition) is 4. The van der Waals surface area contributed by atoms with E-state index >= 15 is 0 Å². The van der Waals surface area contributed by atoms with Gasteiger partial charge in [-0.05, 0) is 26.7 Å². The van der Waals surface area contributed by atoms with Crippen LogP contribution in [0.15, 0.2) is 0 Å². The summed E-state index contributed by atoms with van der Waals surface area (Å²) in [6.45, 7) is 3.62. The molecule has 0 aromatic carbocycles. The SMILES string of the molecule is CC(C)S(=O)(=O)CCC(=O)C1(CN)CC1. The molecule has 15 heavy (non-hydrogen) atoms. The van der Waals surface area contributed by atoms with E-state index in [1.807, 2.05) is 0 Å². The van der Waals surface area contributed by atoms with Crippen molar-refractivity contribution in [1.82, 2.24) is 0 Å². The lowest BCUT2D eigenvalue weighted by molar-refractivity contribution is -0.123. The predicted molar refractivity (Wildman–Crippen MR) is 59.3 cm³/mol. The van der Waals surface area contributed by atoms with Crippen molar-refractivity contribution in [2.24, 2.45) is 11.1 Å². The van der Waals surface area contributed by atoms with Gasteiger partial charge in [0, 0.05) is 18.4 Å². The van der Waals surface area contributed by atoms with Crippen molar-refractivity contribution < 1.29 is 13.2 Å². The van der Waals surface area contributed by atoms with Crippen molar-refractivity contribution in [2.75, 3.05) is 12.3 Å². The highest BCUT2D eigenvalue weighted by Gasteiger charge is 2.47. The van der Waals surface area contributed by atoms with Crippen LogP contribution in [0.4, 0.5) is 0 Å². The molecule has 0 aliphatic heterocycles. The third-order valence-corrected chi connectivity index (χ3v) is 5.38. The molecule has 4 nitrogen and oxygen atoms in total. The van der Waals surface area contributed by atoms with Crippen molar-refractivity contribution in [1.29, 1.82) is 0 Å². The molecule has 5 heteroatoms. The average Bonchev–Trinajstić information content (AvgIpc) is 2.94.